The molecule has 3 aromatic carbocycles. The van der Waals surface area contributed by atoms with Gasteiger partial charge in [0.15, 0.2) is 22.9 Å². The Bertz CT molecular complexity index is 1250. The van der Waals surface area contributed by atoms with E-state index in [1.807, 2.05) is 62.5 Å². The molecule has 0 saturated heterocycles. The molecule has 0 aromatic heterocycles. The molecule has 2 unspecified atom stereocenters. The number of carbonyl (C=O) groups is 1. The van der Waals surface area contributed by atoms with Gasteiger partial charge in [-0.2, -0.15) is 3.89 Å². The second-order valence-corrected chi connectivity index (χ2v) is 11.2. The van der Waals surface area contributed by atoms with E-state index in [0.29, 0.717) is 6.61 Å². The van der Waals surface area contributed by atoms with E-state index in [1.165, 1.54) is 5.56 Å². The molecule has 7 heteroatoms. The minimum absolute atomic E-state index is 0.146. The van der Waals surface area contributed by atoms with E-state index in [-0.39, 0.29) is 15.7 Å². The van der Waals surface area contributed by atoms with Crippen LogP contribution >= 0.6 is 11.9 Å². The quantitative estimate of drug-likeness (QED) is 0.154. The molecule has 1 heterocycles. The van der Waals surface area contributed by atoms with Gasteiger partial charge in [0.25, 0.3) is 0 Å². The van der Waals surface area contributed by atoms with Crippen molar-refractivity contribution < 1.29 is 19.0 Å². The first-order chi connectivity index (χ1) is 18.4. The van der Waals surface area contributed by atoms with Crippen molar-refractivity contribution >= 4 is 23.5 Å². The van der Waals surface area contributed by atoms with E-state index in [1.54, 1.807) is 26.2 Å². The van der Waals surface area contributed by atoms with Gasteiger partial charge in [-0.15, -0.1) is 0 Å². The van der Waals surface area contributed by atoms with Crippen LogP contribution < -0.4 is 18.1 Å². The van der Waals surface area contributed by atoms with Crippen LogP contribution in [0.3, 0.4) is 0 Å². The van der Waals surface area contributed by atoms with E-state index in [2.05, 4.69) is 30.1 Å². The number of nitrogens with zero attached hydrogens (tertiary/aromatic N) is 2. The summed E-state index contributed by atoms with van der Waals surface area (Å²) >= 11 is 1.58. The maximum atomic E-state index is 13.5. The molecule has 0 bridgehead atoms. The summed E-state index contributed by atoms with van der Waals surface area (Å²) in [6, 6.07) is 22.3. The van der Waals surface area contributed by atoms with Crippen molar-refractivity contribution in [1.82, 2.24) is 8.79 Å². The fourth-order valence-electron chi connectivity index (χ4n) is 4.90. The number of para-hydroxylation sites is 2. The van der Waals surface area contributed by atoms with Crippen molar-refractivity contribution in [3.63, 3.8) is 0 Å². The van der Waals surface area contributed by atoms with Gasteiger partial charge < -0.3 is 19.1 Å². The number of likely N-dealkylation sites (N-methyl/N-ethyl adjacent to an activating group) is 2. The highest BCUT2D eigenvalue weighted by molar-refractivity contribution is 7.99. The van der Waals surface area contributed by atoms with Gasteiger partial charge in [-0.1, -0.05) is 36.4 Å². The monoisotopic (exact) mass is 535 g/mol. The molecule has 0 radical (unpaired) electrons. The number of amides is 1. The Morgan fingerprint density at radius 3 is 2.42 bits per heavy atom. The van der Waals surface area contributed by atoms with Crippen LogP contribution in [-0.2, 0) is 11.2 Å². The van der Waals surface area contributed by atoms with Gasteiger partial charge in [0.05, 0.1) is 38.7 Å². The van der Waals surface area contributed by atoms with E-state index in [0.717, 1.165) is 65.7 Å². The van der Waals surface area contributed by atoms with Crippen LogP contribution in [0, 0.1) is 0 Å². The Kier molecular flexibility index (Phi) is 9.36. The molecule has 1 aliphatic rings. The predicted octanol–water partition coefficient (Wildman–Crippen LogP) is 6.33. The fraction of sp³-hybridized carbons (Fsp3) is 0.387. The number of carbonyl (C=O) groups excluding carboxylic acids is 1. The van der Waals surface area contributed by atoms with E-state index >= 15 is 0 Å². The number of fused-ring (bicyclic) bond motifs is 1. The Hall–Kier alpha value is -3.00. The SMILES string of the molecule is COc1ccc(CCN(C)CCCCOc2ccccc2[N+]2(C)Sc3ccccc3C(C)C2=O)cc1OC. The van der Waals surface area contributed by atoms with Gasteiger partial charge in [0.2, 0.25) is 0 Å². The van der Waals surface area contributed by atoms with Crippen molar-refractivity contribution in [2.45, 2.75) is 37.0 Å². The molecule has 1 aliphatic heterocycles. The molecule has 6 nitrogen and oxygen atoms in total. The number of methoxy groups -OCH3 is 2. The molecule has 0 aliphatic carbocycles. The number of ether oxygens (including phenoxy) is 3. The van der Waals surface area contributed by atoms with E-state index in [9.17, 15) is 4.79 Å². The Morgan fingerprint density at radius 2 is 1.63 bits per heavy atom. The van der Waals surface area contributed by atoms with Crippen LogP contribution in [0.4, 0.5) is 5.69 Å². The summed E-state index contributed by atoms with van der Waals surface area (Å²) < 4.78 is 17.2. The number of hydrogen-bond acceptors (Lipinski definition) is 6. The minimum Gasteiger partial charge on any atom is -0.493 e. The van der Waals surface area contributed by atoms with Crippen molar-refractivity contribution in [3.05, 3.63) is 77.9 Å². The Morgan fingerprint density at radius 1 is 0.895 bits per heavy atom. The van der Waals surface area contributed by atoms with Crippen LogP contribution in [-0.4, -0.2) is 58.8 Å². The Balaban J connectivity index is 1.28. The second-order valence-electron chi connectivity index (χ2n) is 9.88. The summed E-state index contributed by atoms with van der Waals surface area (Å²) in [7, 11) is 7.45. The number of hydrogen-bond donors (Lipinski definition) is 0. The molecule has 3 aromatic rings. The maximum Gasteiger partial charge on any atom is 0.337 e. The maximum absolute atomic E-state index is 13.5. The van der Waals surface area contributed by atoms with E-state index < -0.39 is 0 Å². The van der Waals surface area contributed by atoms with Crippen molar-refractivity contribution in [2.75, 3.05) is 48.0 Å². The van der Waals surface area contributed by atoms with Gasteiger partial charge in [-0.25, -0.2) is 4.79 Å². The van der Waals surface area contributed by atoms with Crippen LogP contribution in [0.15, 0.2) is 71.6 Å². The van der Waals surface area contributed by atoms with Crippen molar-refractivity contribution in [1.29, 1.82) is 0 Å². The van der Waals surface area contributed by atoms with Crippen LogP contribution in [0.25, 0.3) is 0 Å². The summed E-state index contributed by atoms with van der Waals surface area (Å²) in [5, 5.41) is 0. The molecule has 0 N–H and O–H groups in total. The summed E-state index contributed by atoms with van der Waals surface area (Å²) in [4.78, 5) is 17.0. The highest BCUT2D eigenvalue weighted by Gasteiger charge is 2.47. The summed E-state index contributed by atoms with van der Waals surface area (Å²) in [6.45, 7) is 4.58. The lowest BCUT2D eigenvalue weighted by atomic mass is 9.99. The number of unbranched alkanes of at least 4 members (excludes halogenated alkanes) is 1. The fourth-order valence-corrected chi connectivity index (χ4v) is 6.28. The van der Waals surface area contributed by atoms with Crippen molar-refractivity contribution in [2.24, 2.45) is 0 Å². The zero-order valence-corrected chi connectivity index (χ0v) is 23.9. The second kappa shape index (κ2) is 12.7. The molecule has 0 fully saturated rings. The molecule has 38 heavy (non-hydrogen) atoms. The number of quaternary nitrogens is 1. The molecule has 4 rings (SSSR count). The summed E-state index contributed by atoms with van der Waals surface area (Å²) in [5.41, 5.74) is 3.23. The van der Waals surface area contributed by atoms with Crippen LogP contribution in [0.2, 0.25) is 0 Å². The topological polar surface area (TPSA) is 48.0 Å². The Labute approximate surface area is 231 Å². The minimum atomic E-state index is -0.167. The first-order valence-corrected chi connectivity index (χ1v) is 14.0. The zero-order valence-electron chi connectivity index (χ0n) is 23.1. The highest BCUT2D eigenvalue weighted by atomic mass is 32.2. The molecule has 2 atom stereocenters. The number of rotatable bonds is 12. The van der Waals surface area contributed by atoms with Gasteiger partial charge in [0.1, 0.15) is 11.9 Å². The van der Waals surface area contributed by atoms with Gasteiger partial charge >= 0.3 is 5.91 Å². The predicted molar refractivity (Wildman–Crippen MR) is 155 cm³/mol. The number of benzene rings is 3. The highest BCUT2D eigenvalue weighted by Crippen LogP contribution is 2.49. The lowest BCUT2D eigenvalue weighted by Gasteiger charge is -2.36. The molecule has 0 saturated carbocycles. The lowest BCUT2D eigenvalue weighted by molar-refractivity contribution is -0.126. The first-order valence-electron chi connectivity index (χ1n) is 13.2. The largest absolute Gasteiger partial charge is 0.493 e. The van der Waals surface area contributed by atoms with Crippen molar-refractivity contribution in [3.8, 4) is 17.2 Å². The average molecular weight is 536 g/mol. The summed E-state index contributed by atoms with van der Waals surface area (Å²) in [6.07, 6.45) is 2.93. The lowest BCUT2D eigenvalue weighted by Crippen LogP contribution is -2.48. The molecular weight excluding hydrogens is 496 g/mol. The van der Waals surface area contributed by atoms with Crippen LogP contribution in [0.5, 0.6) is 17.2 Å². The standard InChI is InChI=1S/C31H39N2O4S/c1-23-25-12-6-9-15-30(25)38-33(3,31(23)34)26-13-7-8-14-27(26)37-21-11-10-19-32(2)20-18-24-16-17-28(35-4)29(22-24)36-5/h6-9,12-17,22-23H,10-11,18-21H2,1-5H3/q+1. The third kappa shape index (κ3) is 6.17. The molecule has 1 amide bonds. The molecule has 202 valence electrons. The van der Waals surface area contributed by atoms with Gasteiger partial charge in [-0.05, 0) is 75.2 Å². The molecular formula is C31H39N2O4S+. The third-order valence-electron chi connectivity index (χ3n) is 7.20. The first kappa shape index (κ1) is 28.0. The van der Waals surface area contributed by atoms with Gasteiger partial charge in [-0.3, -0.25) is 0 Å². The van der Waals surface area contributed by atoms with Crippen LogP contribution in [0.1, 0.15) is 36.8 Å². The third-order valence-corrected chi connectivity index (χ3v) is 8.51. The normalized spacial score (nSPS) is 18.8. The smallest absolute Gasteiger partial charge is 0.337 e. The summed E-state index contributed by atoms with van der Waals surface area (Å²) in [5.74, 6) is 2.31. The van der Waals surface area contributed by atoms with Gasteiger partial charge in [0, 0.05) is 12.6 Å². The zero-order chi connectivity index (χ0) is 27.1. The molecule has 0 spiro atoms. The van der Waals surface area contributed by atoms with E-state index in [4.69, 9.17) is 14.2 Å². The average Bonchev–Trinajstić information content (AvgIpc) is 2.94.